The highest BCUT2D eigenvalue weighted by Crippen LogP contribution is 2.29. The maximum atomic E-state index is 12.4. The van der Waals surface area contributed by atoms with Crippen LogP contribution in [0.25, 0.3) is 10.4 Å². The number of hydrogen-bond donors (Lipinski definition) is 1. The van der Waals surface area contributed by atoms with Gasteiger partial charge in [0.05, 0.1) is 22.1 Å². The minimum atomic E-state index is -0.0981. The van der Waals surface area contributed by atoms with E-state index in [0.29, 0.717) is 12.1 Å². The normalized spacial score (nSPS) is 13.0. The van der Waals surface area contributed by atoms with Crippen molar-refractivity contribution in [2.75, 3.05) is 0 Å². The van der Waals surface area contributed by atoms with E-state index in [1.54, 1.807) is 11.3 Å². The van der Waals surface area contributed by atoms with Gasteiger partial charge in [-0.2, -0.15) is 0 Å². The predicted octanol–water partition coefficient (Wildman–Crippen LogP) is 2.89. The molecule has 1 amide bonds. The first-order chi connectivity index (χ1) is 12.1. The van der Waals surface area contributed by atoms with Crippen LogP contribution in [0.4, 0.5) is 0 Å². The van der Waals surface area contributed by atoms with Crippen LogP contribution >= 0.6 is 11.3 Å². The summed E-state index contributed by atoms with van der Waals surface area (Å²) >= 11 is 1.67. The van der Waals surface area contributed by atoms with Gasteiger partial charge in [0, 0.05) is 18.5 Å². The molecule has 0 unspecified atom stereocenters. The molecule has 0 bridgehead atoms. The monoisotopic (exact) mass is 353 g/mol. The summed E-state index contributed by atoms with van der Waals surface area (Å²) in [6.45, 7) is 5.36. The van der Waals surface area contributed by atoms with Crippen LogP contribution in [-0.2, 0) is 19.5 Å². The lowest BCUT2D eigenvalue weighted by atomic mass is 10.1. The molecule has 1 aromatic carbocycles. The molecule has 6 nitrogen and oxygen atoms in total. The van der Waals surface area contributed by atoms with Gasteiger partial charge in [-0.1, -0.05) is 12.1 Å². The molecule has 1 aliphatic rings. The minimum absolute atomic E-state index is 0.0981. The zero-order chi connectivity index (χ0) is 17.4. The number of thiazole rings is 1. The van der Waals surface area contributed by atoms with Crippen molar-refractivity contribution >= 4 is 17.2 Å². The summed E-state index contributed by atoms with van der Waals surface area (Å²) in [5, 5.41) is 12.3. The number of hydrogen-bond acceptors (Lipinski definition) is 5. The van der Waals surface area contributed by atoms with E-state index < -0.39 is 0 Å². The van der Waals surface area contributed by atoms with Crippen LogP contribution in [0.15, 0.2) is 24.3 Å². The molecule has 3 aromatic rings. The van der Waals surface area contributed by atoms with Crippen molar-refractivity contribution in [1.82, 2.24) is 25.1 Å². The maximum Gasteiger partial charge on any atom is 0.251 e. The zero-order valence-corrected chi connectivity index (χ0v) is 15.1. The number of nitrogens with zero attached hydrogens (tertiary/aromatic N) is 4. The predicted molar refractivity (Wildman–Crippen MR) is 96.5 cm³/mol. The molecule has 7 heteroatoms. The quantitative estimate of drug-likeness (QED) is 0.783. The fraction of sp³-hybridized carbons (Fsp3) is 0.333. The van der Waals surface area contributed by atoms with E-state index >= 15 is 0 Å². The molecule has 0 fully saturated rings. The maximum absolute atomic E-state index is 12.4. The molecule has 128 valence electrons. The summed E-state index contributed by atoms with van der Waals surface area (Å²) in [7, 11) is 0. The van der Waals surface area contributed by atoms with E-state index in [0.717, 1.165) is 52.2 Å². The number of benzene rings is 1. The molecular formula is C18H19N5OS. The Labute approximate surface area is 149 Å². The molecule has 1 aliphatic heterocycles. The third kappa shape index (κ3) is 3.07. The van der Waals surface area contributed by atoms with Crippen LogP contribution in [0.2, 0.25) is 0 Å². The van der Waals surface area contributed by atoms with Crippen molar-refractivity contribution in [2.45, 2.75) is 39.8 Å². The summed E-state index contributed by atoms with van der Waals surface area (Å²) in [4.78, 5) is 18.0. The van der Waals surface area contributed by atoms with Gasteiger partial charge in [0.1, 0.15) is 5.82 Å². The number of aromatic nitrogens is 4. The van der Waals surface area contributed by atoms with Gasteiger partial charge in [-0.25, -0.2) is 4.98 Å². The lowest BCUT2D eigenvalue weighted by molar-refractivity contribution is 0.0949. The fourth-order valence-electron chi connectivity index (χ4n) is 3.18. The van der Waals surface area contributed by atoms with Gasteiger partial charge >= 0.3 is 0 Å². The molecule has 0 spiro atoms. The molecule has 0 radical (unpaired) electrons. The first-order valence-corrected chi connectivity index (χ1v) is 9.17. The average molecular weight is 353 g/mol. The lowest BCUT2D eigenvalue weighted by Gasteiger charge is -2.07. The van der Waals surface area contributed by atoms with Gasteiger partial charge in [-0.05, 0) is 38.0 Å². The molecule has 2 aromatic heterocycles. The lowest BCUT2D eigenvalue weighted by Crippen LogP contribution is -2.24. The fourth-order valence-corrected chi connectivity index (χ4v) is 4.10. The highest BCUT2D eigenvalue weighted by Gasteiger charge is 2.17. The Balaban J connectivity index is 1.44. The van der Waals surface area contributed by atoms with Crippen LogP contribution in [0.1, 0.15) is 39.1 Å². The smallest absolute Gasteiger partial charge is 0.251 e. The molecule has 25 heavy (non-hydrogen) atoms. The Kier molecular flexibility index (Phi) is 4.09. The van der Waals surface area contributed by atoms with E-state index in [-0.39, 0.29) is 5.91 Å². The molecule has 0 saturated heterocycles. The summed E-state index contributed by atoms with van der Waals surface area (Å²) in [6, 6.07) is 7.66. The Morgan fingerprint density at radius 1 is 1.24 bits per heavy atom. The van der Waals surface area contributed by atoms with E-state index in [2.05, 4.69) is 25.1 Å². The van der Waals surface area contributed by atoms with Crippen molar-refractivity contribution < 1.29 is 4.79 Å². The second-order valence-electron chi connectivity index (χ2n) is 6.20. The number of carbonyl (C=O) groups excluding carboxylic acids is 1. The first kappa shape index (κ1) is 16.0. The van der Waals surface area contributed by atoms with Gasteiger partial charge in [0.25, 0.3) is 5.91 Å². The van der Waals surface area contributed by atoms with Crippen molar-refractivity contribution in [3.05, 3.63) is 52.2 Å². The standard InChI is InChI=1S/C18H19N5OS/c1-11-17(25-12(2)20-11)13-5-7-14(8-6-13)18(24)19-10-16-22-21-15-4-3-9-23(15)16/h5-8H,3-4,9-10H2,1-2H3,(H,19,24). The Morgan fingerprint density at radius 2 is 2.04 bits per heavy atom. The van der Waals surface area contributed by atoms with Crippen molar-refractivity contribution in [3.63, 3.8) is 0 Å². The van der Waals surface area contributed by atoms with Gasteiger partial charge in [-0.3, -0.25) is 4.79 Å². The van der Waals surface area contributed by atoms with Gasteiger partial charge in [0.15, 0.2) is 5.82 Å². The van der Waals surface area contributed by atoms with Gasteiger partial charge in [-0.15, -0.1) is 21.5 Å². The largest absolute Gasteiger partial charge is 0.345 e. The molecule has 0 atom stereocenters. The Hall–Kier alpha value is -2.54. The topological polar surface area (TPSA) is 72.7 Å². The number of fused-ring (bicyclic) bond motifs is 1. The Morgan fingerprint density at radius 3 is 2.76 bits per heavy atom. The molecular weight excluding hydrogens is 334 g/mol. The highest BCUT2D eigenvalue weighted by molar-refractivity contribution is 7.15. The summed E-state index contributed by atoms with van der Waals surface area (Å²) in [5.41, 5.74) is 2.76. The number of rotatable bonds is 4. The molecule has 1 N–H and O–H groups in total. The van der Waals surface area contributed by atoms with Crippen LogP contribution in [0.3, 0.4) is 0 Å². The van der Waals surface area contributed by atoms with Crippen molar-refractivity contribution in [3.8, 4) is 10.4 Å². The molecule has 3 heterocycles. The second-order valence-corrected chi connectivity index (χ2v) is 7.40. The molecule has 0 aliphatic carbocycles. The summed E-state index contributed by atoms with van der Waals surface area (Å²) in [5.74, 6) is 1.75. The third-order valence-corrected chi connectivity index (χ3v) is 5.53. The average Bonchev–Trinajstić information content (AvgIpc) is 3.29. The number of carbonyl (C=O) groups is 1. The zero-order valence-electron chi connectivity index (χ0n) is 14.2. The molecule has 0 saturated carbocycles. The highest BCUT2D eigenvalue weighted by atomic mass is 32.1. The summed E-state index contributed by atoms with van der Waals surface area (Å²) < 4.78 is 2.10. The first-order valence-electron chi connectivity index (χ1n) is 8.35. The van der Waals surface area contributed by atoms with Crippen LogP contribution < -0.4 is 5.32 Å². The third-order valence-electron chi connectivity index (χ3n) is 4.41. The van der Waals surface area contributed by atoms with E-state index in [4.69, 9.17) is 0 Å². The van der Waals surface area contributed by atoms with Gasteiger partial charge in [0.2, 0.25) is 0 Å². The number of aryl methyl sites for hydroxylation is 3. The van der Waals surface area contributed by atoms with Gasteiger partial charge < -0.3 is 9.88 Å². The Bertz CT molecular complexity index is 926. The number of amides is 1. The van der Waals surface area contributed by atoms with E-state index in [9.17, 15) is 4.79 Å². The van der Waals surface area contributed by atoms with Crippen LogP contribution in [-0.4, -0.2) is 25.7 Å². The van der Waals surface area contributed by atoms with Crippen LogP contribution in [0, 0.1) is 13.8 Å². The number of nitrogens with one attached hydrogen (secondary N) is 1. The van der Waals surface area contributed by atoms with E-state index in [1.807, 2.05) is 38.1 Å². The van der Waals surface area contributed by atoms with Crippen LogP contribution in [0.5, 0.6) is 0 Å². The van der Waals surface area contributed by atoms with Crippen molar-refractivity contribution in [2.24, 2.45) is 0 Å². The van der Waals surface area contributed by atoms with Crippen molar-refractivity contribution in [1.29, 1.82) is 0 Å². The SMILES string of the molecule is Cc1nc(C)c(-c2ccc(C(=O)NCc3nnc4n3CCC4)cc2)s1. The van der Waals surface area contributed by atoms with E-state index in [1.165, 1.54) is 0 Å². The minimum Gasteiger partial charge on any atom is -0.345 e. The summed E-state index contributed by atoms with van der Waals surface area (Å²) in [6.07, 6.45) is 2.07. The molecule has 4 rings (SSSR count). The second kappa shape index (κ2) is 6.40.